The number of nitrogens with zero attached hydrogens (tertiary/aromatic N) is 2. The summed E-state index contributed by atoms with van der Waals surface area (Å²) in [5.74, 6) is 0. The van der Waals surface area contributed by atoms with E-state index in [0.29, 0.717) is 0 Å². The van der Waals surface area contributed by atoms with Crippen LogP contribution < -0.4 is 0 Å². The van der Waals surface area contributed by atoms with Gasteiger partial charge in [-0.15, -0.1) is 11.3 Å². The van der Waals surface area contributed by atoms with E-state index in [1.807, 2.05) is 17.5 Å². The smallest absolute Gasteiger partial charge is 0.0816 e. The Morgan fingerprint density at radius 3 is 2.35 bits per heavy atom. The van der Waals surface area contributed by atoms with Crippen LogP contribution in [0.3, 0.4) is 0 Å². The molecule has 0 bridgehead atoms. The van der Waals surface area contributed by atoms with Crippen LogP contribution in [-0.4, -0.2) is 9.55 Å². The van der Waals surface area contributed by atoms with Gasteiger partial charge in [-0.05, 0) is 36.4 Å². The van der Waals surface area contributed by atoms with Crippen LogP contribution in [-0.2, 0) is 0 Å². The Morgan fingerprint density at radius 2 is 1.42 bits per heavy atom. The fourth-order valence-electron chi connectivity index (χ4n) is 3.99. The summed E-state index contributed by atoms with van der Waals surface area (Å²) in [6.07, 6.45) is 1.93. The highest BCUT2D eigenvalue weighted by atomic mass is 32.1. The van der Waals surface area contributed by atoms with Gasteiger partial charge in [0.25, 0.3) is 0 Å². The quantitative estimate of drug-likeness (QED) is 0.329. The lowest BCUT2D eigenvalue weighted by molar-refractivity contribution is 1.18. The molecule has 6 aromatic rings. The number of hydrogen-bond acceptors (Lipinski definition) is 2. The van der Waals surface area contributed by atoms with Crippen LogP contribution in [0.15, 0.2) is 85.1 Å². The molecule has 3 aromatic heterocycles. The van der Waals surface area contributed by atoms with E-state index in [0.717, 1.165) is 5.52 Å². The molecule has 0 saturated carbocycles. The van der Waals surface area contributed by atoms with E-state index < -0.39 is 0 Å². The SMILES string of the molecule is c1ccc(-n2c3cccc4sc5ccccc5c5nccc2c5c43)cc1. The first kappa shape index (κ1) is 14.0. The topological polar surface area (TPSA) is 17.8 Å². The Labute approximate surface area is 153 Å². The highest BCUT2D eigenvalue weighted by Gasteiger charge is 2.17. The van der Waals surface area contributed by atoms with Crippen LogP contribution in [0.25, 0.3) is 47.8 Å². The van der Waals surface area contributed by atoms with Crippen molar-refractivity contribution in [2.45, 2.75) is 0 Å². The average molecular weight is 350 g/mol. The fraction of sp³-hybridized carbons (Fsp3) is 0. The van der Waals surface area contributed by atoms with Crippen molar-refractivity contribution < 1.29 is 0 Å². The Morgan fingerprint density at radius 1 is 0.654 bits per heavy atom. The summed E-state index contributed by atoms with van der Waals surface area (Å²) < 4.78 is 4.91. The van der Waals surface area contributed by atoms with Gasteiger partial charge in [0.1, 0.15) is 0 Å². The number of fused-ring (bicyclic) bond motifs is 2. The van der Waals surface area contributed by atoms with Crippen molar-refractivity contribution in [1.29, 1.82) is 0 Å². The normalized spacial score (nSPS) is 11.8. The zero-order valence-electron chi connectivity index (χ0n) is 13.9. The van der Waals surface area contributed by atoms with Crippen molar-refractivity contribution in [2.24, 2.45) is 0 Å². The molecule has 0 aliphatic rings. The van der Waals surface area contributed by atoms with E-state index in [9.17, 15) is 0 Å². The van der Waals surface area contributed by atoms with Crippen LogP contribution in [0.4, 0.5) is 0 Å². The maximum absolute atomic E-state index is 4.80. The van der Waals surface area contributed by atoms with Crippen LogP contribution >= 0.6 is 11.3 Å². The molecule has 2 nitrogen and oxygen atoms in total. The molecule has 0 unspecified atom stereocenters. The van der Waals surface area contributed by atoms with Gasteiger partial charge < -0.3 is 4.57 Å². The van der Waals surface area contributed by atoms with Crippen molar-refractivity contribution >= 4 is 53.4 Å². The Bertz CT molecular complexity index is 1420. The highest BCUT2D eigenvalue weighted by Crippen LogP contribution is 2.41. The van der Waals surface area contributed by atoms with E-state index in [4.69, 9.17) is 4.98 Å². The number of rotatable bonds is 1. The molecule has 6 rings (SSSR count). The molecule has 122 valence electrons. The zero-order chi connectivity index (χ0) is 17.1. The molecule has 0 amide bonds. The van der Waals surface area contributed by atoms with Gasteiger partial charge in [0.15, 0.2) is 0 Å². The monoisotopic (exact) mass is 350 g/mol. The fourth-order valence-corrected chi connectivity index (χ4v) is 5.10. The highest BCUT2D eigenvalue weighted by molar-refractivity contribution is 7.24. The molecule has 3 aromatic carbocycles. The molecular weight excluding hydrogens is 336 g/mol. The minimum Gasteiger partial charge on any atom is -0.309 e. The third kappa shape index (κ3) is 1.78. The van der Waals surface area contributed by atoms with E-state index in [2.05, 4.69) is 83.4 Å². The second-order valence-electron chi connectivity index (χ2n) is 6.47. The standard InChI is InChI=1S/C23H14N2S/c1-2-7-15(8-3-1)25-17-10-6-12-20-21(17)22-18(25)13-14-24-23(22)16-9-4-5-11-19(16)26-20/h1-14H. The van der Waals surface area contributed by atoms with E-state index >= 15 is 0 Å². The lowest BCUT2D eigenvalue weighted by atomic mass is 10.1. The third-order valence-electron chi connectivity index (χ3n) is 5.04. The summed E-state index contributed by atoms with van der Waals surface area (Å²) in [5.41, 5.74) is 4.70. The Balaban J connectivity index is 1.99. The molecule has 0 aliphatic carbocycles. The van der Waals surface area contributed by atoms with E-state index in [1.54, 1.807) is 0 Å². The minimum absolute atomic E-state index is 1.08. The molecule has 26 heavy (non-hydrogen) atoms. The van der Waals surface area contributed by atoms with Crippen molar-refractivity contribution in [2.75, 3.05) is 0 Å². The van der Waals surface area contributed by atoms with E-state index in [-0.39, 0.29) is 0 Å². The Kier molecular flexibility index (Phi) is 2.79. The van der Waals surface area contributed by atoms with Gasteiger partial charge in [0.2, 0.25) is 0 Å². The number of benzene rings is 3. The predicted octanol–water partition coefficient (Wildman–Crippen LogP) is 6.55. The predicted molar refractivity (Wildman–Crippen MR) is 111 cm³/mol. The summed E-state index contributed by atoms with van der Waals surface area (Å²) in [6.45, 7) is 0. The second kappa shape index (κ2) is 5.16. The molecule has 0 saturated heterocycles. The van der Waals surface area contributed by atoms with Crippen molar-refractivity contribution in [1.82, 2.24) is 9.55 Å². The molecule has 0 atom stereocenters. The van der Waals surface area contributed by atoms with Crippen LogP contribution in [0.5, 0.6) is 0 Å². The van der Waals surface area contributed by atoms with Gasteiger partial charge in [-0.2, -0.15) is 0 Å². The molecule has 0 fully saturated rings. The number of pyridine rings is 1. The van der Waals surface area contributed by atoms with Gasteiger partial charge in [0.05, 0.1) is 16.6 Å². The number of aromatic nitrogens is 2. The van der Waals surface area contributed by atoms with Gasteiger partial charge in [-0.3, -0.25) is 4.98 Å². The summed E-state index contributed by atoms with van der Waals surface area (Å²) in [5, 5.41) is 3.77. The van der Waals surface area contributed by atoms with Gasteiger partial charge in [0, 0.05) is 37.4 Å². The number of para-hydroxylation sites is 1. The maximum Gasteiger partial charge on any atom is 0.0816 e. The largest absolute Gasteiger partial charge is 0.309 e. The second-order valence-corrected chi connectivity index (χ2v) is 7.56. The van der Waals surface area contributed by atoms with Crippen LogP contribution in [0.1, 0.15) is 0 Å². The lowest BCUT2D eigenvalue weighted by Gasteiger charge is -2.07. The van der Waals surface area contributed by atoms with Crippen molar-refractivity contribution in [3.8, 4) is 5.69 Å². The first-order chi connectivity index (χ1) is 12.9. The maximum atomic E-state index is 4.80. The summed E-state index contributed by atoms with van der Waals surface area (Å²) in [7, 11) is 0. The third-order valence-corrected chi connectivity index (χ3v) is 6.18. The molecule has 3 heteroatoms. The zero-order valence-corrected chi connectivity index (χ0v) is 14.7. The summed E-state index contributed by atoms with van der Waals surface area (Å²) >= 11 is 1.84. The number of hydrogen-bond donors (Lipinski definition) is 0. The summed E-state index contributed by atoms with van der Waals surface area (Å²) in [4.78, 5) is 4.80. The lowest BCUT2D eigenvalue weighted by Crippen LogP contribution is -1.93. The summed E-state index contributed by atoms with van der Waals surface area (Å²) in [6, 6.07) is 27.9. The van der Waals surface area contributed by atoms with E-state index in [1.165, 1.54) is 42.3 Å². The molecule has 0 radical (unpaired) electrons. The first-order valence-electron chi connectivity index (χ1n) is 8.66. The van der Waals surface area contributed by atoms with Gasteiger partial charge in [-0.1, -0.05) is 42.5 Å². The average Bonchev–Trinajstić information content (AvgIpc) is 2.96. The molecule has 0 N–H and O–H groups in total. The van der Waals surface area contributed by atoms with Crippen LogP contribution in [0.2, 0.25) is 0 Å². The van der Waals surface area contributed by atoms with Crippen molar-refractivity contribution in [3.63, 3.8) is 0 Å². The minimum atomic E-state index is 1.08. The molecular formula is C23H14N2S. The Hall–Kier alpha value is -3.17. The van der Waals surface area contributed by atoms with Gasteiger partial charge >= 0.3 is 0 Å². The molecule has 0 spiro atoms. The van der Waals surface area contributed by atoms with Gasteiger partial charge in [-0.25, -0.2) is 0 Å². The first-order valence-corrected chi connectivity index (χ1v) is 9.48. The van der Waals surface area contributed by atoms with Crippen molar-refractivity contribution in [3.05, 3.63) is 85.1 Å². The molecule has 3 heterocycles. The molecule has 0 aliphatic heterocycles. The van der Waals surface area contributed by atoms with Crippen LogP contribution in [0, 0.1) is 0 Å².